The third-order valence-electron chi connectivity index (χ3n) is 9.25. The van der Waals surface area contributed by atoms with Crippen LogP contribution in [0.2, 0.25) is 0 Å². The first-order valence-corrected chi connectivity index (χ1v) is 18.3. The van der Waals surface area contributed by atoms with Crippen molar-refractivity contribution in [2.45, 2.75) is 61.4 Å². The first-order chi connectivity index (χ1) is 28.2. The van der Waals surface area contributed by atoms with Crippen LogP contribution in [-0.4, -0.2) is 132 Å². The highest BCUT2D eigenvalue weighted by molar-refractivity contribution is 5.91. The molecule has 16 nitrogen and oxygen atoms in total. The van der Waals surface area contributed by atoms with Crippen LogP contribution in [0.25, 0.3) is 0 Å². The Morgan fingerprint density at radius 1 is 0.431 bits per heavy atom. The van der Waals surface area contributed by atoms with Gasteiger partial charge in [0, 0.05) is 0 Å². The van der Waals surface area contributed by atoms with Gasteiger partial charge in [-0.05, 0) is 48.5 Å². The van der Waals surface area contributed by atoms with Crippen molar-refractivity contribution >= 4 is 23.9 Å². The molecule has 16 heteroatoms. The molecule has 4 N–H and O–H groups in total. The van der Waals surface area contributed by atoms with Crippen molar-refractivity contribution < 1.29 is 77.5 Å². The molecule has 0 saturated carbocycles. The van der Waals surface area contributed by atoms with Gasteiger partial charge in [-0.3, -0.25) is 0 Å². The van der Waals surface area contributed by atoms with E-state index in [9.17, 15) is 39.6 Å². The number of rotatable bonds is 15. The van der Waals surface area contributed by atoms with E-state index < -0.39 is 112 Å². The van der Waals surface area contributed by atoms with Crippen molar-refractivity contribution in [3.05, 3.63) is 144 Å². The van der Waals surface area contributed by atoms with Gasteiger partial charge in [-0.25, -0.2) is 19.2 Å². The number of aliphatic hydroxyl groups is 4. The lowest BCUT2D eigenvalue weighted by Crippen LogP contribution is -2.62. The summed E-state index contributed by atoms with van der Waals surface area (Å²) >= 11 is 0. The Hall–Kier alpha value is -5.56. The Morgan fingerprint density at radius 3 is 0.948 bits per heavy atom. The van der Waals surface area contributed by atoms with Gasteiger partial charge < -0.3 is 58.3 Å². The fraction of sp³-hybridized carbons (Fsp3) is 0.333. The lowest BCUT2D eigenvalue weighted by molar-refractivity contribution is -0.315. The Morgan fingerprint density at radius 2 is 0.690 bits per heavy atom. The first kappa shape index (κ1) is 42.1. The van der Waals surface area contributed by atoms with Gasteiger partial charge >= 0.3 is 23.9 Å². The summed E-state index contributed by atoms with van der Waals surface area (Å²) in [5.41, 5.74) is 0.528. The summed E-state index contributed by atoms with van der Waals surface area (Å²) in [5, 5.41) is 42.6. The minimum absolute atomic E-state index is 0.130. The van der Waals surface area contributed by atoms with Gasteiger partial charge in [0.1, 0.15) is 24.4 Å². The third-order valence-corrected chi connectivity index (χ3v) is 9.25. The van der Waals surface area contributed by atoms with E-state index in [-0.39, 0.29) is 22.3 Å². The number of benzene rings is 4. The second-order valence-electron chi connectivity index (χ2n) is 13.1. The number of ether oxygens (including phenoxy) is 8. The molecule has 0 radical (unpaired) electrons. The molecular formula is C42H42O16. The molecule has 2 aliphatic rings. The van der Waals surface area contributed by atoms with E-state index in [1.54, 1.807) is 72.8 Å². The third kappa shape index (κ3) is 10.3. The van der Waals surface area contributed by atoms with Crippen LogP contribution in [0, 0.1) is 0 Å². The Balaban J connectivity index is 1.21. The molecule has 2 heterocycles. The van der Waals surface area contributed by atoms with Crippen molar-refractivity contribution in [1.82, 2.24) is 0 Å². The molecule has 2 saturated heterocycles. The van der Waals surface area contributed by atoms with Crippen LogP contribution in [0.5, 0.6) is 0 Å². The number of aliphatic hydroxyl groups excluding tert-OH is 4. The Bertz CT molecular complexity index is 1790. The normalized spacial score (nSPS) is 26.8. The van der Waals surface area contributed by atoms with Crippen molar-refractivity contribution in [3.63, 3.8) is 0 Å². The van der Waals surface area contributed by atoms with Crippen molar-refractivity contribution in [2.75, 3.05) is 26.4 Å². The SMILES string of the molecule is O=C(O[C@@H]1[C@@H](OCCO[C@H]2O[C@H](CO)[C@@H](O)[C@H](OC(=O)c3ccccc3)[C@@H]2OC(=O)c2ccccc2)O[C@H](CO)[C@@H](O)[C@@H]1OC(=O)c1ccccc1)c1ccccc1. The lowest BCUT2D eigenvalue weighted by Gasteiger charge is -2.43. The molecule has 0 amide bonds. The van der Waals surface area contributed by atoms with Gasteiger partial charge in [0.05, 0.1) is 48.7 Å². The molecule has 10 atom stereocenters. The predicted octanol–water partition coefficient (Wildman–Crippen LogP) is 2.08. The van der Waals surface area contributed by atoms with E-state index >= 15 is 0 Å². The highest BCUT2D eigenvalue weighted by Crippen LogP contribution is 2.31. The monoisotopic (exact) mass is 802 g/mol. The van der Waals surface area contributed by atoms with E-state index in [0.717, 1.165) is 0 Å². The maximum Gasteiger partial charge on any atom is 0.338 e. The summed E-state index contributed by atoms with van der Waals surface area (Å²) < 4.78 is 46.4. The van der Waals surface area contributed by atoms with Crippen molar-refractivity contribution in [1.29, 1.82) is 0 Å². The zero-order chi connectivity index (χ0) is 41.0. The van der Waals surface area contributed by atoms with Crippen LogP contribution >= 0.6 is 0 Å². The molecule has 0 aliphatic carbocycles. The van der Waals surface area contributed by atoms with Gasteiger partial charge in [0.25, 0.3) is 0 Å². The number of hydrogen-bond acceptors (Lipinski definition) is 16. The Labute approximate surface area is 332 Å². The minimum Gasteiger partial charge on any atom is -0.452 e. The molecule has 0 bridgehead atoms. The molecule has 4 aromatic carbocycles. The minimum atomic E-state index is -1.67. The largest absolute Gasteiger partial charge is 0.452 e. The van der Waals surface area contributed by atoms with E-state index in [4.69, 9.17) is 37.9 Å². The molecule has 58 heavy (non-hydrogen) atoms. The Kier molecular flexibility index (Phi) is 14.7. The zero-order valence-electron chi connectivity index (χ0n) is 30.8. The van der Waals surface area contributed by atoms with Gasteiger partial charge in [-0.15, -0.1) is 0 Å². The smallest absolute Gasteiger partial charge is 0.338 e. The van der Waals surface area contributed by atoms with E-state index in [1.165, 1.54) is 48.5 Å². The zero-order valence-corrected chi connectivity index (χ0v) is 30.8. The average molecular weight is 803 g/mol. The van der Waals surface area contributed by atoms with Crippen LogP contribution in [-0.2, 0) is 37.9 Å². The van der Waals surface area contributed by atoms with Crippen molar-refractivity contribution in [3.8, 4) is 0 Å². The summed E-state index contributed by atoms with van der Waals surface area (Å²) in [6.45, 7) is -2.27. The molecule has 0 aromatic heterocycles. The second kappa shape index (κ2) is 20.2. The molecule has 2 fully saturated rings. The second-order valence-corrected chi connectivity index (χ2v) is 13.1. The topological polar surface area (TPSA) is 223 Å². The molecule has 0 spiro atoms. The summed E-state index contributed by atoms with van der Waals surface area (Å²) in [6.07, 6.45) is -15.5. The van der Waals surface area contributed by atoms with Gasteiger partial charge in [0.15, 0.2) is 37.0 Å². The first-order valence-electron chi connectivity index (χ1n) is 18.3. The van der Waals surface area contributed by atoms with Gasteiger partial charge in [-0.1, -0.05) is 72.8 Å². The summed E-state index contributed by atoms with van der Waals surface area (Å²) in [6, 6.07) is 31.5. The van der Waals surface area contributed by atoms with Crippen LogP contribution in [0.15, 0.2) is 121 Å². The summed E-state index contributed by atoms with van der Waals surface area (Å²) in [5.74, 6) is -3.45. The van der Waals surface area contributed by atoms with Crippen LogP contribution < -0.4 is 0 Å². The molecule has 6 rings (SSSR count). The lowest BCUT2D eigenvalue weighted by atomic mass is 9.98. The predicted molar refractivity (Wildman–Crippen MR) is 198 cm³/mol. The molecule has 4 aromatic rings. The highest BCUT2D eigenvalue weighted by Gasteiger charge is 2.52. The van der Waals surface area contributed by atoms with Crippen LogP contribution in [0.1, 0.15) is 41.4 Å². The van der Waals surface area contributed by atoms with Gasteiger partial charge in [0.2, 0.25) is 0 Å². The van der Waals surface area contributed by atoms with E-state index in [1.807, 2.05) is 0 Å². The van der Waals surface area contributed by atoms with Crippen LogP contribution in [0.4, 0.5) is 0 Å². The highest BCUT2D eigenvalue weighted by atomic mass is 16.7. The van der Waals surface area contributed by atoms with E-state index in [0.29, 0.717) is 0 Å². The fourth-order valence-corrected chi connectivity index (χ4v) is 6.26. The molecule has 0 unspecified atom stereocenters. The summed E-state index contributed by atoms with van der Waals surface area (Å²) in [4.78, 5) is 53.0. The standard InChI is InChI=1S/C42H42O16/c43-23-29-31(45)33(55-37(47)25-13-5-1-6-14-25)35(57-39(49)27-17-9-3-10-18-27)41(53-29)51-21-22-52-42-36(58-40(50)28-19-11-4-12-20-28)34(32(46)30(24-44)54-42)56-38(48)26-15-7-2-8-16-26/h1-20,29-36,41-46H,21-24H2/t29-,30-,31-,32-,33+,34+,35+,36+,41+,42+/m1/s1. The number of carbonyl (C=O) groups excluding carboxylic acids is 4. The quantitative estimate of drug-likeness (QED) is 0.0768. The molecule has 306 valence electrons. The molecular weight excluding hydrogens is 760 g/mol. The summed E-state index contributed by atoms with van der Waals surface area (Å²) in [7, 11) is 0. The maximum atomic E-state index is 13.3. The number of esters is 4. The van der Waals surface area contributed by atoms with Gasteiger partial charge in [-0.2, -0.15) is 0 Å². The maximum absolute atomic E-state index is 13.3. The van der Waals surface area contributed by atoms with Crippen LogP contribution in [0.3, 0.4) is 0 Å². The van der Waals surface area contributed by atoms with E-state index in [2.05, 4.69) is 0 Å². The number of carbonyl (C=O) groups is 4. The fourth-order valence-electron chi connectivity index (χ4n) is 6.26. The van der Waals surface area contributed by atoms with Crippen molar-refractivity contribution in [2.24, 2.45) is 0 Å². The molecule has 2 aliphatic heterocycles. The number of hydrogen-bond donors (Lipinski definition) is 4. The average Bonchev–Trinajstić information content (AvgIpc) is 3.26.